The van der Waals surface area contributed by atoms with Crippen LogP contribution in [0.15, 0.2) is 36.2 Å². The second-order valence-corrected chi connectivity index (χ2v) is 19.4. The topological polar surface area (TPSA) is 154 Å². The van der Waals surface area contributed by atoms with Crippen LogP contribution in [0.3, 0.4) is 0 Å². The van der Waals surface area contributed by atoms with Gasteiger partial charge in [0.15, 0.2) is 5.78 Å². The van der Waals surface area contributed by atoms with Gasteiger partial charge in [-0.25, -0.2) is 23.2 Å². The Morgan fingerprint density at radius 2 is 1.87 bits per heavy atom. The van der Waals surface area contributed by atoms with Gasteiger partial charge < -0.3 is 14.2 Å². The molecule has 5 atom stereocenters. The van der Waals surface area contributed by atoms with Crippen molar-refractivity contribution in [2.24, 2.45) is 17.3 Å². The van der Waals surface area contributed by atoms with Crippen molar-refractivity contribution in [3.05, 3.63) is 47.5 Å². The Morgan fingerprint density at radius 1 is 1.17 bits per heavy atom. The highest BCUT2D eigenvalue weighted by Gasteiger charge is 2.63. The Morgan fingerprint density at radius 3 is 2.43 bits per heavy atom. The number of pyridine rings is 1. The monoisotopic (exact) mass is 766 g/mol. The molecule has 3 aromatic rings. The summed E-state index contributed by atoms with van der Waals surface area (Å²) < 4.78 is 45.5. The summed E-state index contributed by atoms with van der Waals surface area (Å²) in [5.41, 5.74) is 0.937. The van der Waals surface area contributed by atoms with Crippen LogP contribution in [0.1, 0.15) is 91.3 Å². The molecule has 1 saturated heterocycles. The molecule has 3 fully saturated rings. The van der Waals surface area contributed by atoms with E-state index in [2.05, 4.69) is 25.1 Å². The molecule has 3 aliphatic rings. The summed E-state index contributed by atoms with van der Waals surface area (Å²) >= 11 is 1.49. The number of hydrogen-bond donors (Lipinski definition) is 1. The van der Waals surface area contributed by atoms with Gasteiger partial charge in [-0.05, 0) is 77.8 Å². The Bertz CT molecular complexity index is 2080. The summed E-state index contributed by atoms with van der Waals surface area (Å²) in [7, 11) is -2.33. The highest BCUT2D eigenvalue weighted by atomic mass is 32.2. The van der Waals surface area contributed by atoms with Crippen molar-refractivity contribution in [3.63, 3.8) is 0 Å². The number of ether oxygens (including phenoxy) is 3. The third kappa shape index (κ3) is 7.28. The number of aromatic nitrogens is 2. The summed E-state index contributed by atoms with van der Waals surface area (Å²) in [6, 6.07) is 4.56. The largest absolute Gasteiger partial charge is 0.496 e. The number of thiazole rings is 1. The summed E-state index contributed by atoms with van der Waals surface area (Å²) in [5, 5.41) is 3.48. The van der Waals surface area contributed by atoms with Gasteiger partial charge in [0.2, 0.25) is 15.9 Å². The molecule has 1 aliphatic heterocycles. The molecule has 0 unspecified atom stereocenters. The van der Waals surface area contributed by atoms with E-state index in [1.165, 1.54) is 16.2 Å². The number of sulfonamides is 1. The van der Waals surface area contributed by atoms with Crippen LogP contribution in [0.25, 0.3) is 21.6 Å². The van der Waals surface area contributed by atoms with E-state index in [-0.39, 0.29) is 31.1 Å². The van der Waals surface area contributed by atoms with E-state index in [1.54, 1.807) is 40.9 Å². The van der Waals surface area contributed by atoms with Crippen LogP contribution >= 0.6 is 11.3 Å². The minimum atomic E-state index is -3.93. The fraction of sp³-hybridized carbons (Fsp3) is 0.564. The van der Waals surface area contributed by atoms with E-state index in [9.17, 15) is 22.8 Å². The highest BCUT2D eigenvalue weighted by Crippen LogP contribution is 2.57. The Labute approximate surface area is 315 Å². The number of rotatable bonds is 12. The number of nitrogens with zero attached hydrogens (tertiary/aromatic N) is 3. The van der Waals surface area contributed by atoms with Crippen molar-refractivity contribution in [2.75, 3.05) is 13.7 Å². The minimum Gasteiger partial charge on any atom is -0.496 e. The van der Waals surface area contributed by atoms with Gasteiger partial charge in [0.1, 0.15) is 39.9 Å². The number of carbonyl (C=O) groups is 3. The van der Waals surface area contributed by atoms with Gasteiger partial charge in [-0.1, -0.05) is 26.8 Å². The first kappa shape index (κ1) is 38.7. The second-order valence-electron chi connectivity index (χ2n) is 16.3. The van der Waals surface area contributed by atoms with Gasteiger partial charge in [0.05, 0.1) is 35.0 Å². The van der Waals surface area contributed by atoms with Gasteiger partial charge in [-0.15, -0.1) is 17.9 Å². The zero-order valence-electron chi connectivity index (χ0n) is 31.9. The number of hydrogen-bond acceptors (Lipinski definition) is 11. The quantitative estimate of drug-likeness (QED) is 0.192. The average molecular weight is 767 g/mol. The van der Waals surface area contributed by atoms with E-state index in [4.69, 9.17) is 24.2 Å². The zero-order chi connectivity index (χ0) is 38.8. The number of ketones is 1. The van der Waals surface area contributed by atoms with Crippen LogP contribution in [-0.4, -0.2) is 77.2 Å². The molecule has 1 aromatic carbocycles. The van der Waals surface area contributed by atoms with E-state index in [1.807, 2.05) is 37.4 Å². The van der Waals surface area contributed by atoms with E-state index >= 15 is 0 Å². The predicted octanol–water partition coefficient (Wildman–Crippen LogP) is 6.95. The molecule has 53 heavy (non-hydrogen) atoms. The molecular weight excluding hydrogens is 717 g/mol. The first-order valence-corrected chi connectivity index (χ1v) is 20.4. The molecule has 2 amide bonds. The number of amides is 2. The molecular formula is C39H50N4O8S2. The molecule has 286 valence electrons. The van der Waals surface area contributed by atoms with Crippen LogP contribution < -0.4 is 14.2 Å². The van der Waals surface area contributed by atoms with E-state index in [0.29, 0.717) is 35.6 Å². The number of carbonyl (C=O) groups excluding carboxylic acids is 3. The van der Waals surface area contributed by atoms with E-state index in [0.717, 1.165) is 21.7 Å². The Balaban J connectivity index is 1.34. The number of methoxy groups -OCH3 is 1. The van der Waals surface area contributed by atoms with Crippen LogP contribution in [0, 0.1) is 24.2 Å². The summed E-state index contributed by atoms with van der Waals surface area (Å²) in [5.74, 6) is -0.612. The lowest BCUT2D eigenvalue weighted by Gasteiger charge is -2.29. The lowest BCUT2D eigenvalue weighted by Crippen LogP contribution is -2.48. The number of fused-ring (bicyclic) bond motifs is 1. The molecule has 2 saturated carbocycles. The van der Waals surface area contributed by atoms with Crippen LogP contribution in [0.4, 0.5) is 4.79 Å². The number of benzene rings is 1. The number of aryl methyl sites for hydroxylation is 1. The van der Waals surface area contributed by atoms with Gasteiger partial charge >= 0.3 is 6.09 Å². The first-order valence-electron chi connectivity index (χ1n) is 18.1. The summed E-state index contributed by atoms with van der Waals surface area (Å²) in [6.07, 6.45) is 1.17. The zero-order valence-corrected chi connectivity index (χ0v) is 33.6. The standard InChI is InChI=1S/C39H50N4O8S2/c1-11-24-17-39(24,35(45)42-53(47,48)38(9)14-15-38)18-28(44)33-23(5)31(19-43(33)36(46)51-37(6,7)8)50-30-16-26(34-41-27(20-52-34)21(2)3)40-32-22(4)29(49-10)13-12-25(30)32/h11-13,16,20-21,23-24,31,33H,1,14-15,17-19H2,2-10H3,(H,42,45)/t23-,24+,31-,33-,39+/m0/s1. The minimum absolute atomic E-state index is 0.0341. The van der Waals surface area contributed by atoms with Gasteiger partial charge in [-0.3, -0.25) is 19.2 Å². The van der Waals surface area contributed by atoms with Crippen molar-refractivity contribution in [1.29, 1.82) is 0 Å². The average Bonchev–Trinajstić information content (AvgIpc) is 3.89. The summed E-state index contributed by atoms with van der Waals surface area (Å²) in [6.45, 7) is 18.7. The molecule has 3 heterocycles. The molecule has 0 spiro atoms. The fourth-order valence-electron chi connectivity index (χ4n) is 7.11. The highest BCUT2D eigenvalue weighted by molar-refractivity contribution is 7.91. The van der Waals surface area contributed by atoms with Crippen molar-refractivity contribution >= 4 is 50.0 Å². The van der Waals surface area contributed by atoms with Crippen LogP contribution in [-0.2, 0) is 24.3 Å². The fourth-order valence-corrected chi connectivity index (χ4v) is 9.39. The smallest absolute Gasteiger partial charge is 0.411 e. The van der Waals surface area contributed by atoms with Crippen LogP contribution in [0.5, 0.6) is 11.5 Å². The molecule has 12 nitrogen and oxygen atoms in total. The third-order valence-corrected chi connectivity index (χ3v) is 14.0. The van der Waals surface area contributed by atoms with Crippen molar-refractivity contribution in [3.8, 4) is 22.2 Å². The number of allylic oxidation sites excluding steroid dienone is 1. The normalized spacial score (nSPS) is 24.9. The molecule has 0 bridgehead atoms. The lowest BCUT2D eigenvalue weighted by molar-refractivity contribution is -0.132. The number of Topliss-reactive ketones (excluding diaryl/α,β-unsaturated/α-hetero) is 1. The maximum Gasteiger partial charge on any atom is 0.411 e. The first-order chi connectivity index (χ1) is 24.7. The predicted molar refractivity (Wildman–Crippen MR) is 204 cm³/mol. The van der Waals surface area contributed by atoms with Crippen molar-refractivity contribution in [2.45, 2.75) is 109 Å². The van der Waals surface area contributed by atoms with Gasteiger partial charge in [-0.2, -0.15) is 0 Å². The number of likely N-dealkylation sites (tertiary alicyclic amines) is 1. The molecule has 1 N–H and O–H groups in total. The molecule has 0 radical (unpaired) electrons. The van der Waals surface area contributed by atoms with E-state index < -0.39 is 61.8 Å². The van der Waals surface area contributed by atoms with Gasteiger partial charge in [0, 0.05) is 34.7 Å². The second kappa shape index (κ2) is 13.7. The molecule has 2 aromatic heterocycles. The maximum atomic E-state index is 14.5. The molecule has 14 heteroatoms. The van der Waals surface area contributed by atoms with Crippen molar-refractivity contribution in [1.82, 2.24) is 19.6 Å². The van der Waals surface area contributed by atoms with Crippen LogP contribution in [0.2, 0.25) is 0 Å². The molecule has 6 rings (SSSR count). The number of nitrogens with one attached hydrogen (secondary N) is 1. The molecule has 2 aliphatic carbocycles. The van der Waals surface area contributed by atoms with Crippen molar-refractivity contribution < 1.29 is 37.0 Å². The summed E-state index contributed by atoms with van der Waals surface area (Å²) in [4.78, 5) is 53.1. The Hall–Kier alpha value is -4.04. The van der Waals surface area contributed by atoms with Gasteiger partial charge in [0.25, 0.3) is 0 Å². The Kier molecular flexibility index (Phi) is 9.98. The maximum absolute atomic E-state index is 14.5. The SMILES string of the molecule is C=C[C@@H]1C[C@]1(CC(=O)[C@@H]1[C@@H](C)[C@@H](Oc2cc(-c3nc(C(C)C)cs3)nc3c(C)c(OC)ccc23)CN1C(=O)OC(C)(C)C)C(=O)NS(=O)(=O)C1(C)CC1. The third-order valence-electron chi connectivity index (χ3n) is 10.9. The lowest BCUT2D eigenvalue weighted by atomic mass is 9.88.